The Morgan fingerprint density at radius 3 is 2.00 bits per heavy atom. The van der Waals surface area contributed by atoms with Crippen molar-refractivity contribution < 1.29 is 0 Å². The molecule has 0 spiro atoms. The van der Waals surface area contributed by atoms with E-state index in [9.17, 15) is 0 Å². The Hall–Kier alpha value is 0.495. The highest BCUT2D eigenvalue weighted by Gasteiger charge is 2.35. The molecule has 1 rings (SSSR count). The molecule has 56 valence electrons. The average Bonchev–Trinajstić information content (AvgIpc) is 1.89. The predicted molar refractivity (Wildman–Crippen MR) is 51.6 cm³/mol. The lowest BCUT2D eigenvalue weighted by molar-refractivity contribution is 0.743. The molecule has 1 aliphatic rings. The van der Waals surface area contributed by atoms with Crippen molar-refractivity contribution in [2.75, 3.05) is 19.0 Å². The fourth-order valence-electron chi connectivity index (χ4n) is 1.64. The highest BCUT2D eigenvalue weighted by molar-refractivity contribution is 7.77. The Morgan fingerprint density at radius 2 is 1.70 bits per heavy atom. The molecule has 1 atom stereocenters. The lowest BCUT2D eigenvalue weighted by atomic mass is 10.1. The second-order valence-electron chi connectivity index (χ2n) is 3.73. The first-order valence-electron chi connectivity index (χ1n) is 4.25. The first kappa shape index (κ1) is 8.59. The SMILES string of the molecule is [B]C(C)[P+]1(C)CCCCC1. The summed E-state index contributed by atoms with van der Waals surface area (Å²) in [6.07, 6.45) is 7.22. The van der Waals surface area contributed by atoms with Crippen LogP contribution in [0.15, 0.2) is 0 Å². The van der Waals surface area contributed by atoms with Gasteiger partial charge in [-0.05, 0) is 26.2 Å². The molecule has 1 aliphatic heterocycles. The largest absolute Gasteiger partial charge is 0.126 e. The van der Waals surface area contributed by atoms with Crippen LogP contribution in [0.25, 0.3) is 0 Å². The van der Waals surface area contributed by atoms with Gasteiger partial charge in [-0.15, -0.1) is 0 Å². The van der Waals surface area contributed by atoms with E-state index in [2.05, 4.69) is 13.6 Å². The van der Waals surface area contributed by atoms with Gasteiger partial charge in [-0.1, -0.05) is 0 Å². The Morgan fingerprint density at radius 1 is 1.20 bits per heavy atom. The molecule has 2 heteroatoms. The fourth-order valence-corrected chi connectivity index (χ4v) is 4.57. The summed E-state index contributed by atoms with van der Waals surface area (Å²) in [5, 5.41) is 0. The quantitative estimate of drug-likeness (QED) is 0.402. The molecule has 0 aromatic carbocycles. The summed E-state index contributed by atoms with van der Waals surface area (Å²) in [6.45, 7) is 4.63. The smallest absolute Gasteiger partial charge is 0.0464 e. The van der Waals surface area contributed by atoms with Crippen LogP contribution in [-0.2, 0) is 0 Å². The Kier molecular flexibility index (Phi) is 2.80. The molecule has 0 bridgehead atoms. The van der Waals surface area contributed by atoms with Crippen molar-refractivity contribution in [1.82, 2.24) is 0 Å². The Labute approximate surface area is 66.5 Å². The van der Waals surface area contributed by atoms with Crippen LogP contribution in [0.5, 0.6) is 0 Å². The zero-order chi connectivity index (χ0) is 7.61. The molecule has 0 saturated carbocycles. The standard InChI is InChI=1S/C8H17BP/c1-8(9)10(2)6-4-3-5-7-10/h8H,3-7H2,1-2H3/q+1. The van der Waals surface area contributed by atoms with Crippen molar-refractivity contribution in [2.45, 2.75) is 31.7 Å². The Balaban J connectivity index is 2.48. The van der Waals surface area contributed by atoms with E-state index >= 15 is 0 Å². The number of rotatable bonds is 1. The van der Waals surface area contributed by atoms with Gasteiger partial charge in [-0.25, -0.2) is 0 Å². The van der Waals surface area contributed by atoms with Gasteiger partial charge in [-0.2, -0.15) is 0 Å². The van der Waals surface area contributed by atoms with Crippen molar-refractivity contribution in [3.8, 4) is 0 Å². The third-order valence-corrected chi connectivity index (χ3v) is 7.46. The summed E-state index contributed by atoms with van der Waals surface area (Å²) in [5.74, 6) is 0. The van der Waals surface area contributed by atoms with E-state index in [1.54, 1.807) is 0 Å². The normalized spacial score (nSPS) is 27.8. The zero-order valence-corrected chi connectivity index (χ0v) is 8.03. The maximum Gasteiger partial charge on any atom is 0.126 e. The zero-order valence-electron chi connectivity index (χ0n) is 7.14. The van der Waals surface area contributed by atoms with E-state index < -0.39 is 7.26 Å². The topological polar surface area (TPSA) is 0 Å². The van der Waals surface area contributed by atoms with E-state index in [0.29, 0.717) is 5.56 Å². The van der Waals surface area contributed by atoms with Crippen molar-refractivity contribution >= 4 is 15.1 Å². The molecule has 0 N–H and O–H groups in total. The lowest BCUT2D eigenvalue weighted by Gasteiger charge is -2.31. The highest BCUT2D eigenvalue weighted by Crippen LogP contribution is 2.61. The van der Waals surface area contributed by atoms with Crippen molar-refractivity contribution in [3.63, 3.8) is 0 Å². The Bertz CT molecular complexity index is 106. The number of hydrogen-bond donors (Lipinski definition) is 0. The van der Waals surface area contributed by atoms with Crippen LogP contribution in [0.4, 0.5) is 0 Å². The predicted octanol–water partition coefficient (Wildman–Crippen LogP) is 2.33. The molecule has 1 saturated heterocycles. The molecule has 0 aromatic heterocycles. The molecule has 1 unspecified atom stereocenters. The second-order valence-corrected chi connectivity index (χ2v) is 8.40. The third-order valence-electron chi connectivity index (χ3n) is 2.82. The van der Waals surface area contributed by atoms with Gasteiger partial charge in [0.15, 0.2) is 0 Å². The van der Waals surface area contributed by atoms with Crippen molar-refractivity contribution in [3.05, 3.63) is 0 Å². The van der Waals surface area contributed by atoms with Gasteiger partial charge in [0, 0.05) is 19.5 Å². The van der Waals surface area contributed by atoms with Crippen LogP contribution < -0.4 is 0 Å². The average molecular weight is 155 g/mol. The first-order chi connectivity index (χ1) is 4.65. The first-order valence-corrected chi connectivity index (χ1v) is 6.92. The molecule has 0 aromatic rings. The van der Waals surface area contributed by atoms with E-state index in [1.807, 2.05) is 0 Å². The van der Waals surface area contributed by atoms with Gasteiger partial charge in [-0.3, -0.25) is 0 Å². The van der Waals surface area contributed by atoms with Crippen LogP contribution in [-0.4, -0.2) is 32.4 Å². The summed E-state index contributed by atoms with van der Waals surface area (Å²) in [6, 6.07) is 0. The fraction of sp³-hybridized carbons (Fsp3) is 1.00. The molecule has 0 nitrogen and oxygen atoms in total. The molecule has 1 fully saturated rings. The van der Waals surface area contributed by atoms with Crippen LogP contribution >= 0.6 is 7.26 Å². The van der Waals surface area contributed by atoms with E-state index in [1.165, 1.54) is 31.6 Å². The summed E-state index contributed by atoms with van der Waals surface area (Å²) in [5.41, 5.74) is 0.493. The minimum atomic E-state index is -0.658. The van der Waals surface area contributed by atoms with Gasteiger partial charge in [0.2, 0.25) is 0 Å². The highest BCUT2D eigenvalue weighted by atomic mass is 31.2. The van der Waals surface area contributed by atoms with E-state index in [4.69, 9.17) is 7.85 Å². The summed E-state index contributed by atoms with van der Waals surface area (Å²) in [7, 11) is 5.29. The van der Waals surface area contributed by atoms with Gasteiger partial charge in [0.25, 0.3) is 0 Å². The molecular formula is C8H17BP+. The van der Waals surface area contributed by atoms with Gasteiger partial charge in [0.1, 0.15) is 7.85 Å². The molecule has 0 amide bonds. The van der Waals surface area contributed by atoms with Crippen molar-refractivity contribution in [2.24, 2.45) is 0 Å². The summed E-state index contributed by atoms with van der Waals surface area (Å²) < 4.78 is 0. The molecule has 1 heterocycles. The van der Waals surface area contributed by atoms with Crippen LogP contribution in [0.2, 0.25) is 0 Å². The minimum Gasteiger partial charge on any atom is -0.0464 e. The van der Waals surface area contributed by atoms with Crippen LogP contribution in [0.1, 0.15) is 26.2 Å². The maximum atomic E-state index is 5.95. The second kappa shape index (κ2) is 3.26. The van der Waals surface area contributed by atoms with Crippen LogP contribution in [0.3, 0.4) is 0 Å². The van der Waals surface area contributed by atoms with Crippen LogP contribution in [0, 0.1) is 0 Å². The lowest BCUT2D eigenvalue weighted by Crippen LogP contribution is -2.18. The maximum absolute atomic E-state index is 5.95. The minimum absolute atomic E-state index is 0.493. The molecule has 0 aliphatic carbocycles. The monoisotopic (exact) mass is 155 g/mol. The van der Waals surface area contributed by atoms with Gasteiger partial charge < -0.3 is 0 Å². The van der Waals surface area contributed by atoms with Crippen molar-refractivity contribution in [1.29, 1.82) is 0 Å². The number of hydrogen-bond acceptors (Lipinski definition) is 0. The van der Waals surface area contributed by atoms with Gasteiger partial charge >= 0.3 is 0 Å². The molecule has 10 heavy (non-hydrogen) atoms. The summed E-state index contributed by atoms with van der Waals surface area (Å²) >= 11 is 0. The van der Waals surface area contributed by atoms with E-state index in [0.717, 1.165) is 0 Å². The summed E-state index contributed by atoms with van der Waals surface area (Å²) in [4.78, 5) is 0. The molecule has 2 radical (unpaired) electrons. The van der Waals surface area contributed by atoms with Gasteiger partial charge in [0.05, 0.1) is 12.3 Å². The third kappa shape index (κ3) is 1.75. The van der Waals surface area contributed by atoms with E-state index in [-0.39, 0.29) is 0 Å². The molecular weight excluding hydrogens is 138 g/mol.